The van der Waals surface area contributed by atoms with Crippen molar-refractivity contribution >= 4 is 5.97 Å². The molecule has 1 aromatic carbocycles. The minimum absolute atomic E-state index is 0.164. The van der Waals surface area contributed by atoms with Crippen LogP contribution in [-0.2, 0) is 4.79 Å². The van der Waals surface area contributed by atoms with Crippen LogP contribution in [0.15, 0.2) is 30.3 Å². The van der Waals surface area contributed by atoms with Crippen LogP contribution in [0.3, 0.4) is 0 Å². The van der Waals surface area contributed by atoms with Gasteiger partial charge < -0.3 is 9.59 Å². The molecule has 0 spiro atoms. The van der Waals surface area contributed by atoms with E-state index in [2.05, 4.69) is 31.2 Å². The van der Waals surface area contributed by atoms with Crippen LogP contribution in [0.1, 0.15) is 89.2 Å². The summed E-state index contributed by atoms with van der Waals surface area (Å²) in [5.74, 6) is -0.723. The summed E-state index contributed by atoms with van der Waals surface area (Å²) in [5.41, 5.74) is 1.26. The van der Waals surface area contributed by atoms with Crippen molar-refractivity contribution in [3.63, 3.8) is 0 Å². The second-order valence-electron chi connectivity index (χ2n) is 8.23. The highest BCUT2D eigenvalue weighted by atomic mass is 16.4. The number of hydrogen-bond donors (Lipinski definition) is 1. The van der Waals surface area contributed by atoms with Gasteiger partial charge in [-0.2, -0.15) is 0 Å². The monoisotopic (exact) mass is 362 g/mol. The molecule has 1 N–H and O–H groups in total. The van der Waals surface area contributed by atoms with E-state index in [0.29, 0.717) is 4.48 Å². The third kappa shape index (κ3) is 9.38. The summed E-state index contributed by atoms with van der Waals surface area (Å²) < 4.78 is 0.511. The van der Waals surface area contributed by atoms with Gasteiger partial charge in [0, 0.05) is 12.0 Å². The predicted molar refractivity (Wildman–Crippen MR) is 110 cm³/mol. The standard InChI is InChI=1S/C23H39NO2/c1-4-5-6-7-8-9-10-11-12-16-19-22(21-17-14-13-15-18-21)24(2,3)20-23(25)26/h13-15,17-18,22H,4-12,16,19-20H2,1-3H3/p+1. The van der Waals surface area contributed by atoms with E-state index in [0.717, 1.165) is 6.42 Å². The lowest BCUT2D eigenvalue weighted by Crippen LogP contribution is -2.46. The molecule has 3 heteroatoms. The zero-order valence-corrected chi connectivity index (χ0v) is 17.3. The summed E-state index contributed by atoms with van der Waals surface area (Å²) in [7, 11) is 4.09. The molecule has 0 radical (unpaired) electrons. The van der Waals surface area contributed by atoms with Gasteiger partial charge >= 0.3 is 5.97 Å². The molecule has 0 aliphatic carbocycles. The lowest BCUT2D eigenvalue weighted by Gasteiger charge is -2.37. The number of rotatable bonds is 15. The van der Waals surface area contributed by atoms with Gasteiger partial charge in [-0.25, -0.2) is 4.79 Å². The first-order valence-corrected chi connectivity index (χ1v) is 10.6. The van der Waals surface area contributed by atoms with Crippen molar-refractivity contribution in [2.45, 2.75) is 83.6 Å². The van der Waals surface area contributed by atoms with E-state index in [9.17, 15) is 9.90 Å². The van der Waals surface area contributed by atoms with Crippen molar-refractivity contribution in [2.75, 3.05) is 20.6 Å². The lowest BCUT2D eigenvalue weighted by molar-refractivity contribution is -0.914. The van der Waals surface area contributed by atoms with Crippen LogP contribution >= 0.6 is 0 Å². The molecule has 3 nitrogen and oxygen atoms in total. The number of aliphatic carboxylic acids is 1. The molecule has 148 valence electrons. The number of likely N-dealkylation sites (N-methyl/N-ethyl adjacent to an activating group) is 1. The van der Waals surface area contributed by atoms with E-state index in [1.807, 2.05) is 20.2 Å². The average Bonchev–Trinajstić information content (AvgIpc) is 2.59. The Morgan fingerprint density at radius 2 is 1.38 bits per heavy atom. The predicted octanol–water partition coefficient (Wildman–Crippen LogP) is 6.20. The van der Waals surface area contributed by atoms with E-state index < -0.39 is 5.97 Å². The summed E-state index contributed by atoms with van der Waals surface area (Å²) >= 11 is 0. The molecule has 1 unspecified atom stereocenters. The van der Waals surface area contributed by atoms with Crippen LogP contribution in [0, 0.1) is 0 Å². The molecule has 0 bridgehead atoms. The summed E-state index contributed by atoms with van der Waals surface area (Å²) in [6.07, 6.45) is 14.4. The first-order chi connectivity index (χ1) is 12.5. The van der Waals surface area contributed by atoms with Crippen LogP contribution in [0.4, 0.5) is 0 Å². The fourth-order valence-corrected chi connectivity index (χ4v) is 3.88. The number of benzene rings is 1. The number of quaternary nitrogens is 1. The Hall–Kier alpha value is -1.35. The third-order valence-electron chi connectivity index (χ3n) is 5.40. The fourth-order valence-electron chi connectivity index (χ4n) is 3.88. The van der Waals surface area contributed by atoms with E-state index >= 15 is 0 Å². The Labute approximate surface area is 161 Å². The third-order valence-corrected chi connectivity index (χ3v) is 5.40. The molecule has 0 aromatic heterocycles. The number of carboxylic acids is 1. The van der Waals surface area contributed by atoms with Crippen molar-refractivity contribution in [1.29, 1.82) is 0 Å². The van der Waals surface area contributed by atoms with E-state index in [-0.39, 0.29) is 12.6 Å². The van der Waals surface area contributed by atoms with Gasteiger partial charge in [0.15, 0.2) is 6.54 Å². The van der Waals surface area contributed by atoms with Gasteiger partial charge in [-0.15, -0.1) is 0 Å². The maximum atomic E-state index is 11.3. The molecule has 0 fully saturated rings. The number of hydrogen-bond acceptors (Lipinski definition) is 1. The Morgan fingerprint density at radius 3 is 1.88 bits per heavy atom. The van der Waals surface area contributed by atoms with Crippen LogP contribution < -0.4 is 0 Å². The summed E-state index contributed by atoms with van der Waals surface area (Å²) in [6, 6.07) is 10.7. The van der Waals surface area contributed by atoms with E-state index in [1.165, 1.54) is 69.8 Å². The molecule has 1 aromatic rings. The van der Waals surface area contributed by atoms with Crippen molar-refractivity contribution in [2.24, 2.45) is 0 Å². The Kier molecular flexibility index (Phi) is 11.3. The van der Waals surface area contributed by atoms with Crippen LogP contribution in [-0.4, -0.2) is 36.2 Å². The molecule has 0 heterocycles. The zero-order chi connectivity index (χ0) is 19.3. The molecule has 0 aliphatic rings. The smallest absolute Gasteiger partial charge is 0.359 e. The highest BCUT2D eigenvalue weighted by molar-refractivity contribution is 5.67. The molecule has 1 atom stereocenters. The first-order valence-electron chi connectivity index (χ1n) is 10.6. The van der Waals surface area contributed by atoms with E-state index in [1.54, 1.807) is 0 Å². The fraction of sp³-hybridized carbons (Fsp3) is 0.696. The van der Waals surface area contributed by atoms with Gasteiger partial charge in [0.1, 0.15) is 6.04 Å². The van der Waals surface area contributed by atoms with Crippen molar-refractivity contribution in [1.82, 2.24) is 0 Å². The minimum Gasteiger partial charge on any atom is -0.477 e. The largest absolute Gasteiger partial charge is 0.477 e. The molecular formula is C23H40NO2+. The number of nitrogens with zero attached hydrogens (tertiary/aromatic N) is 1. The molecule has 0 aliphatic heterocycles. The van der Waals surface area contributed by atoms with Crippen LogP contribution in [0.25, 0.3) is 0 Å². The van der Waals surface area contributed by atoms with Gasteiger partial charge in [0.05, 0.1) is 14.1 Å². The lowest BCUT2D eigenvalue weighted by atomic mass is 9.96. The topological polar surface area (TPSA) is 37.3 Å². The van der Waals surface area contributed by atoms with Gasteiger partial charge in [0.25, 0.3) is 0 Å². The molecule has 0 saturated carbocycles. The van der Waals surface area contributed by atoms with Gasteiger partial charge in [-0.05, 0) is 6.42 Å². The summed E-state index contributed by atoms with van der Waals surface area (Å²) in [6.45, 7) is 2.43. The Morgan fingerprint density at radius 1 is 0.885 bits per heavy atom. The maximum Gasteiger partial charge on any atom is 0.359 e. The Bertz CT molecular complexity index is 484. The van der Waals surface area contributed by atoms with Gasteiger partial charge in [0.2, 0.25) is 0 Å². The quantitative estimate of drug-likeness (QED) is 0.298. The highest BCUT2D eigenvalue weighted by Gasteiger charge is 2.31. The number of carboxylic acid groups (broad SMARTS) is 1. The highest BCUT2D eigenvalue weighted by Crippen LogP contribution is 2.30. The Balaban J connectivity index is 2.37. The summed E-state index contributed by atoms with van der Waals surface area (Å²) in [4.78, 5) is 11.3. The molecular weight excluding hydrogens is 322 g/mol. The maximum absolute atomic E-state index is 11.3. The number of unbranched alkanes of at least 4 members (excludes halogenated alkanes) is 9. The molecule has 1 rings (SSSR count). The van der Waals surface area contributed by atoms with Gasteiger partial charge in [-0.1, -0.05) is 95.0 Å². The summed E-state index contributed by atoms with van der Waals surface area (Å²) in [5, 5.41) is 9.28. The second kappa shape index (κ2) is 12.9. The van der Waals surface area contributed by atoms with Crippen molar-refractivity contribution in [3.05, 3.63) is 35.9 Å². The minimum atomic E-state index is -0.723. The first kappa shape index (κ1) is 22.7. The van der Waals surface area contributed by atoms with Crippen molar-refractivity contribution in [3.8, 4) is 0 Å². The number of carbonyl (C=O) groups is 1. The molecule has 0 saturated heterocycles. The normalized spacial score (nSPS) is 12.9. The SMILES string of the molecule is CCCCCCCCCCCCC(c1ccccc1)[N+](C)(C)CC(=O)O. The molecule has 0 amide bonds. The van der Waals surface area contributed by atoms with Crippen molar-refractivity contribution < 1.29 is 14.4 Å². The zero-order valence-electron chi connectivity index (χ0n) is 17.3. The average molecular weight is 363 g/mol. The van der Waals surface area contributed by atoms with Crippen LogP contribution in [0.5, 0.6) is 0 Å². The van der Waals surface area contributed by atoms with Gasteiger partial charge in [-0.3, -0.25) is 0 Å². The molecule has 26 heavy (non-hydrogen) atoms. The van der Waals surface area contributed by atoms with Crippen LogP contribution in [0.2, 0.25) is 0 Å². The second-order valence-corrected chi connectivity index (χ2v) is 8.23. The van der Waals surface area contributed by atoms with E-state index in [4.69, 9.17) is 0 Å².